The summed E-state index contributed by atoms with van der Waals surface area (Å²) < 4.78 is 13.7. The van der Waals surface area contributed by atoms with Crippen LogP contribution in [0.4, 0.5) is 4.39 Å². The predicted octanol–water partition coefficient (Wildman–Crippen LogP) is 2.72. The maximum atomic E-state index is 13.7. The highest BCUT2D eigenvalue weighted by molar-refractivity contribution is 5.81. The van der Waals surface area contributed by atoms with Crippen LogP contribution < -0.4 is 0 Å². The summed E-state index contributed by atoms with van der Waals surface area (Å²) in [6, 6.07) is 6.35. The molecule has 1 heterocycles. The van der Waals surface area contributed by atoms with Gasteiger partial charge in [0.2, 0.25) is 0 Å². The average molecular weight is 260 g/mol. The zero-order valence-electron chi connectivity index (χ0n) is 10.2. The summed E-state index contributed by atoms with van der Waals surface area (Å²) in [6.45, 7) is 0. The van der Waals surface area contributed by atoms with Crippen LogP contribution in [0.3, 0.4) is 0 Å². The Morgan fingerprint density at radius 1 is 1.37 bits per heavy atom. The van der Waals surface area contributed by atoms with Gasteiger partial charge in [-0.25, -0.2) is 9.37 Å². The second-order valence-electron chi connectivity index (χ2n) is 4.87. The molecule has 2 aromatic rings. The van der Waals surface area contributed by atoms with Crippen molar-refractivity contribution in [2.75, 3.05) is 0 Å². The van der Waals surface area contributed by atoms with Crippen molar-refractivity contribution in [3.05, 3.63) is 42.1 Å². The third kappa shape index (κ3) is 1.73. The van der Waals surface area contributed by atoms with E-state index in [1.165, 1.54) is 12.3 Å². The molecule has 0 spiro atoms. The number of nitrogens with one attached hydrogen (secondary N) is 1. The summed E-state index contributed by atoms with van der Waals surface area (Å²) in [6.07, 6.45) is 3.53. The van der Waals surface area contributed by atoms with Crippen LogP contribution in [0, 0.1) is 5.82 Å². The molecule has 1 aromatic heterocycles. The van der Waals surface area contributed by atoms with E-state index in [2.05, 4.69) is 9.97 Å². The van der Waals surface area contributed by atoms with E-state index in [9.17, 15) is 14.3 Å². The minimum absolute atomic E-state index is 0.351. The fourth-order valence-corrected chi connectivity index (χ4v) is 2.46. The number of hydrogen-bond donors (Lipinski definition) is 2. The van der Waals surface area contributed by atoms with E-state index in [1.807, 2.05) is 0 Å². The van der Waals surface area contributed by atoms with Crippen molar-refractivity contribution >= 4 is 5.97 Å². The van der Waals surface area contributed by atoms with Crippen LogP contribution in [0.15, 0.2) is 30.5 Å². The van der Waals surface area contributed by atoms with Gasteiger partial charge in [0, 0.05) is 5.56 Å². The number of aliphatic carboxylic acids is 1. The van der Waals surface area contributed by atoms with E-state index >= 15 is 0 Å². The summed E-state index contributed by atoms with van der Waals surface area (Å²) in [7, 11) is 0. The van der Waals surface area contributed by atoms with Crippen LogP contribution in [-0.2, 0) is 10.2 Å². The van der Waals surface area contributed by atoms with Gasteiger partial charge in [0.15, 0.2) is 0 Å². The van der Waals surface area contributed by atoms with Gasteiger partial charge in [0.25, 0.3) is 0 Å². The van der Waals surface area contributed by atoms with Gasteiger partial charge in [0.05, 0.1) is 11.9 Å². The molecule has 3 rings (SSSR count). The number of imidazole rings is 1. The van der Waals surface area contributed by atoms with E-state index in [0.717, 1.165) is 6.42 Å². The Hall–Kier alpha value is -2.17. The van der Waals surface area contributed by atoms with Gasteiger partial charge in [-0.3, -0.25) is 4.79 Å². The quantitative estimate of drug-likeness (QED) is 0.891. The number of aromatic nitrogens is 2. The van der Waals surface area contributed by atoms with E-state index in [0.29, 0.717) is 29.9 Å². The number of carboxylic acid groups (broad SMARTS) is 1. The lowest BCUT2D eigenvalue weighted by molar-refractivity contribution is -0.147. The molecule has 1 saturated carbocycles. The molecule has 1 aliphatic carbocycles. The zero-order chi connectivity index (χ0) is 13.5. The van der Waals surface area contributed by atoms with Crippen molar-refractivity contribution < 1.29 is 14.3 Å². The lowest BCUT2D eigenvalue weighted by Gasteiger charge is -2.35. The minimum Gasteiger partial charge on any atom is -0.480 e. The molecule has 0 bridgehead atoms. The van der Waals surface area contributed by atoms with E-state index < -0.39 is 11.4 Å². The highest BCUT2D eigenvalue weighted by atomic mass is 19.1. The molecule has 0 aliphatic heterocycles. The van der Waals surface area contributed by atoms with Gasteiger partial charge >= 0.3 is 5.97 Å². The number of nitrogens with zero attached hydrogens (tertiary/aromatic N) is 1. The SMILES string of the molecule is O=C(O)C1(c2ncc(-c3ccccc3F)[nH]2)CCC1. The highest BCUT2D eigenvalue weighted by Gasteiger charge is 2.48. The molecule has 19 heavy (non-hydrogen) atoms. The normalized spacial score (nSPS) is 16.9. The molecule has 0 saturated heterocycles. The molecule has 1 aliphatic rings. The standard InChI is InChI=1S/C14H13FN2O2/c15-10-5-2-1-4-9(10)11-8-16-12(17-11)14(13(18)19)6-3-7-14/h1-2,4-5,8H,3,6-7H2,(H,16,17)(H,18,19). The van der Waals surface area contributed by atoms with Crippen molar-refractivity contribution in [1.29, 1.82) is 0 Å². The Morgan fingerprint density at radius 3 is 2.68 bits per heavy atom. The second kappa shape index (κ2) is 4.19. The molecule has 4 nitrogen and oxygen atoms in total. The second-order valence-corrected chi connectivity index (χ2v) is 4.87. The van der Waals surface area contributed by atoms with Crippen LogP contribution in [0.5, 0.6) is 0 Å². The van der Waals surface area contributed by atoms with Crippen LogP contribution in [-0.4, -0.2) is 21.0 Å². The summed E-state index contributed by atoms with van der Waals surface area (Å²) >= 11 is 0. The summed E-state index contributed by atoms with van der Waals surface area (Å²) in [5, 5.41) is 9.34. The smallest absolute Gasteiger partial charge is 0.317 e. The monoisotopic (exact) mass is 260 g/mol. The average Bonchev–Trinajstić information content (AvgIpc) is 2.77. The molecule has 5 heteroatoms. The molecule has 0 amide bonds. The molecule has 0 radical (unpaired) electrons. The van der Waals surface area contributed by atoms with Crippen molar-refractivity contribution in [2.24, 2.45) is 0 Å². The van der Waals surface area contributed by atoms with E-state index in [-0.39, 0.29) is 5.82 Å². The number of H-pyrrole nitrogens is 1. The number of carboxylic acids is 1. The first-order valence-electron chi connectivity index (χ1n) is 6.17. The van der Waals surface area contributed by atoms with Crippen LogP contribution in [0.1, 0.15) is 25.1 Å². The van der Waals surface area contributed by atoms with Crippen molar-refractivity contribution in [1.82, 2.24) is 9.97 Å². The first-order chi connectivity index (χ1) is 9.13. The third-order valence-electron chi connectivity index (χ3n) is 3.81. The van der Waals surface area contributed by atoms with Crippen molar-refractivity contribution in [2.45, 2.75) is 24.7 Å². The Kier molecular flexibility index (Phi) is 2.62. The molecular weight excluding hydrogens is 247 g/mol. The lowest BCUT2D eigenvalue weighted by atomic mass is 9.68. The van der Waals surface area contributed by atoms with Gasteiger partial charge in [-0.1, -0.05) is 18.6 Å². The number of carbonyl (C=O) groups is 1. The summed E-state index contributed by atoms with van der Waals surface area (Å²) in [4.78, 5) is 18.5. The Balaban J connectivity index is 2.01. The number of hydrogen-bond acceptors (Lipinski definition) is 2. The summed E-state index contributed by atoms with van der Waals surface area (Å²) in [5.41, 5.74) is 0.00509. The minimum atomic E-state index is -0.913. The summed E-state index contributed by atoms with van der Waals surface area (Å²) in [5.74, 6) is -0.798. The highest BCUT2D eigenvalue weighted by Crippen LogP contribution is 2.43. The largest absolute Gasteiger partial charge is 0.480 e. The number of benzene rings is 1. The Morgan fingerprint density at radius 2 is 2.11 bits per heavy atom. The fraction of sp³-hybridized carbons (Fsp3) is 0.286. The molecule has 2 N–H and O–H groups in total. The maximum absolute atomic E-state index is 13.7. The van der Waals surface area contributed by atoms with Crippen molar-refractivity contribution in [3.63, 3.8) is 0 Å². The third-order valence-corrected chi connectivity index (χ3v) is 3.81. The van der Waals surface area contributed by atoms with Crippen molar-refractivity contribution in [3.8, 4) is 11.3 Å². The number of aromatic amines is 1. The molecule has 1 aromatic carbocycles. The first kappa shape index (κ1) is 11.9. The van der Waals surface area contributed by atoms with Gasteiger partial charge < -0.3 is 10.1 Å². The molecule has 0 atom stereocenters. The topological polar surface area (TPSA) is 66.0 Å². The van der Waals surface area contributed by atoms with Gasteiger partial charge in [-0.2, -0.15) is 0 Å². The van der Waals surface area contributed by atoms with Crippen LogP contribution in [0.25, 0.3) is 11.3 Å². The number of rotatable bonds is 3. The first-order valence-corrected chi connectivity index (χ1v) is 6.17. The van der Waals surface area contributed by atoms with E-state index in [4.69, 9.17) is 0 Å². The maximum Gasteiger partial charge on any atom is 0.317 e. The van der Waals surface area contributed by atoms with Crippen LogP contribution >= 0.6 is 0 Å². The molecule has 0 unspecified atom stereocenters. The molecular formula is C14H13FN2O2. The Labute approximate surface area is 109 Å². The molecule has 98 valence electrons. The number of halogens is 1. The van der Waals surface area contributed by atoms with Gasteiger partial charge in [-0.05, 0) is 25.0 Å². The van der Waals surface area contributed by atoms with Gasteiger partial charge in [-0.15, -0.1) is 0 Å². The molecule has 1 fully saturated rings. The van der Waals surface area contributed by atoms with Crippen LogP contribution in [0.2, 0.25) is 0 Å². The van der Waals surface area contributed by atoms with E-state index in [1.54, 1.807) is 18.2 Å². The lowest BCUT2D eigenvalue weighted by Crippen LogP contribution is -2.43. The van der Waals surface area contributed by atoms with Gasteiger partial charge in [0.1, 0.15) is 17.1 Å². The zero-order valence-corrected chi connectivity index (χ0v) is 10.2. The fourth-order valence-electron chi connectivity index (χ4n) is 2.46. The predicted molar refractivity (Wildman–Crippen MR) is 67.1 cm³/mol. The Bertz CT molecular complexity index is 632.